The van der Waals surface area contributed by atoms with Crippen LogP contribution in [0, 0.1) is 5.92 Å². The van der Waals surface area contributed by atoms with Crippen molar-refractivity contribution >= 4 is 29.1 Å². The molecule has 3 unspecified atom stereocenters. The number of nitrogens with two attached hydrogens (primary N) is 1. The molecule has 1 heterocycles. The second-order valence-electron chi connectivity index (χ2n) is 9.18. The van der Waals surface area contributed by atoms with Gasteiger partial charge in [-0.1, -0.05) is 26.0 Å². The van der Waals surface area contributed by atoms with E-state index in [1.807, 2.05) is 38.1 Å². The van der Waals surface area contributed by atoms with E-state index in [-0.39, 0.29) is 55.0 Å². The molecular formula is C26H38N4O6S. The number of benzene rings is 1. The van der Waals surface area contributed by atoms with Crippen LogP contribution < -0.4 is 15.8 Å². The number of ether oxygens (including phenoxy) is 2. The lowest BCUT2D eigenvalue weighted by atomic mass is 9.96. The van der Waals surface area contributed by atoms with Gasteiger partial charge in [0.05, 0.1) is 20.8 Å². The topological polar surface area (TPSA) is 144 Å². The molecule has 2 rings (SSSR count). The summed E-state index contributed by atoms with van der Waals surface area (Å²) in [7, 11) is 4.59. The van der Waals surface area contributed by atoms with Crippen molar-refractivity contribution in [2.75, 3.05) is 27.8 Å². The van der Waals surface area contributed by atoms with Gasteiger partial charge in [0.2, 0.25) is 5.91 Å². The summed E-state index contributed by atoms with van der Waals surface area (Å²) in [5, 5.41) is 15.8. The van der Waals surface area contributed by atoms with Gasteiger partial charge in [0.15, 0.2) is 0 Å². The Kier molecular flexibility index (Phi) is 12.0. The zero-order chi connectivity index (χ0) is 27.5. The number of likely N-dealkylation sites (N-methyl/N-ethyl adjacent to an activating group) is 1. The summed E-state index contributed by atoms with van der Waals surface area (Å²) in [5.74, 6) is -0.142. The van der Waals surface area contributed by atoms with Gasteiger partial charge in [0, 0.05) is 37.4 Å². The number of amides is 2. The van der Waals surface area contributed by atoms with Crippen LogP contribution in [0.5, 0.6) is 5.75 Å². The minimum Gasteiger partial charge on any atom is -0.497 e. The predicted molar refractivity (Wildman–Crippen MR) is 141 cm³/mol. The minimum absolute atomic E-state index is 0.0893. The summed E-state index contributed by atoms with van der Waals surface area (Å²) in [4.78, 5) is 42.7. The fraction of sp³-hybridized carbons (Fsp3) is 0.538. The summed E-state index contributed by atoms with van der Waals surface area (Å²) in [6.07, 6.45) is 0.380. The van der Waals surface area contributed by atoms with Crippen LogP contribution in [0.4, 0.5) is 0 Å². The van der Waals surface area contributed by atoms with Crippen molar-refractivity contribution in [3.05, 3.63) is 45.9 Å². The molecule has 1 aromatic carbocycles. The first-order valence-corrected chi connectivity index (χ1v) is 13.1. The molecule has 4 N–H and O–H groups in total. The van der Waals surface area contributed by atoms with E-state index in [1.165, 1.54) is 18.4 Å². The highest BCUT2D eigenvalue weighted by Gasteiger charge is 2.27. The number of nitrogens with zero attached hydrogens (tertiary/aromatic N) is 2. The summed E-state index contributed by atoms with van der Waals surface area (Å²) in [6.45, 7) is 3.83. The molecule has 2 aromatic rings. The first-order chi connectivity index (χ1) is 17.6. The van der Waals surface area contributed by atoms with E-state index in [1.54, 1.807) is 24.4 Å². The third kappa shape index (κ3) is 9.10. The molecule has 0 fully saturated rings. The molecule has 0 aliphatic rings. The molecule has 0 radical (unpaired) electrons. The van der Waals surface area contributed by atoms with E-state index in [0.29, 0.717) is 17.8 Å². The number of esters is 1. The van der Waals surface area contributed by atoms with E-state index in [4.69, 9.17) is 15.2 Å². The molecule has 10 nitrogen and oxygen atoms in total. The van der Waals surface area contributed by atoms with Crippen molar-refractivity contribution in [3.8, 4) is 5.75 Å². The van der Waals surface area contributed by atoms with Gasteiger partial charge in [0.1, 0.15) is 22.6 Å². The smallest absolute Gasteiger partial charge is 0.305 e. The van der Waals surface area contributed by atoms with E-state index in [9.17, 15) is 19.5 Å². The molecule has 3 atom stereocenters. The SMILES string of the molecule is COC(=O)CCC(Cc1ccc(OC)cc1)NC(=O)c1csc(C(O)CC(C(C)C)N(C)C(=O)CN)n1. The Bertz CT molecular complexity index is 1030. The highest BCUT2D eigenvalue weighted by atomic mass is 32.1. The highest BCUT2D eigenvalue weighted by molar-refractivity contribution is 7.09. The summed E-state index contributed by atoms with van der Waals surface area (Å²) in [5.41, 5.74) is 6.65. The maximum atomic E-state index is 13.0. The largest absolute Gasteiger partial charge is 0.497 e. The number of nitrogens with one attached hydrogen (secondary N) is 1. The number of hydrogen-bond donors (Lipinski definition) is 3. The van der Waals surface area contributed by atoms with Crippen molar-refractivity contribution in [1.29, 1.82) is 0 Å². The molecule has 0 saturated heterocycles. The number of rotatable bonds is 14. The molecule has 0 spiro atoms. The Morgan fingerprint density at radius 2 is 1.86 bits per heavy atom. The Hall–Kier alpha value is -3.02. The van der Waals surface area contributed by atoms with Crippen LogP contribution in [0.2, 0.25) is 0 Å². The molecule has 37 heavy (non-hydrogen) atoms. The summed E-state index contributed by atoms with van der Waals surface area (Å²) >= 11 is 1.18. The standard InChI is InChI=1S/C26H38N4O6S/c1-16(2)21(30(3)23(32)14-27)13-22(31)26-29-20(15-37-26)25(34)28-18(8-11-24(33)36-5)12-17-6-9-19(35-4)10-7-17/h6-7,9-10,15-16,18,21-22,31H,8,11-14,27H2,1-5H3,(H,28,34). The molecule has 204 valence electrons. The average Bonchev–Trinajstić information content (AvgIpc) is 3.40. The number of carbonyl (C=O) groups excluding carboxylic acids is 3. The Labute approximate surface area is 222 Å². The average molecular weight is 535 g/mol. The molecule has 0 aliphatic heterocycles. The van der Waals surface area contributed by atoms with E-state index < -0.39 is 12.0 Å². The van der Waals surface area contributed by atoms with Crippen molar-refractivity contribution in [2.45, 2.75) is 57.7 Å². The van der Waals surface area contributed by atoms with E-state index in [2.05, 4.69) is 10.3 Å². The molecule has 11 heteroatoms. The quantitative estimate of drug-likeness (QED) is 0.313. The zero-order valence-corrected chi connectivity index (χ0v) is 22.9. The monoisotopic (exact) mass is 534 g/mol. The number of methoxy groups -OCH3 is 2. The maximum absolute atomic E-state index is 13.0. The first-order valence-electron chi connectivity index (χ1n) is 12.2. The van der Waals surface area contributed by atoms with Gasteiger partial charge < -0.3 is 30.5 Å². The number of carbonyl (C=O) groups is 3. The van der Waals surface area contributed by atoms with E-state index >= 15 is 0 Å². The van der Waals surface area contributed by atoms with Gasteiger partial charge in [-0.25, -0.2) is 4.98 Å². The van der Waals surface area contributed by atoms with Crippen molar-refractivity contribution in [3.63, 3.8) is 0 Å². The van der Waals surface area contributed by atoms with Crippen LogP contribution in [-0.2, 0) is 20.7 Å². The van der Waals surface area contributed by atoms with Gasteiger partial charge in [0.25, 0.3) is 5.91 Å². The van der Waals surface area contributed by atoms with Crippen LogP contribution in [-0.4, -0.2) is 72.7 Å². The van der Waals surface area contributed by atoms with Crippen LogP contribution in [0.25, 0.3) is 0 Å². The van der Waals surface area contributed by atoms with Crippen molar-refractivity contribution in [1.82, 2.24) is 15.2 Å². The van der Waals surface area contributed by atoms with Crippen molar-refractivity contribution in [2.24, 2.45) is 11.7 Å². The summed E-state index contributed by atoms with van der Waals surface area (Å²) in [6, 6.07) is 6.92. The lowest BCUT2D eigenvalue weighted by molar-refractivity contribution is -0.140. The summed E-state index contributed by atoms with van der Waals surface area (Å²) < 4.78 is 9.94. The lowest BCUT2D eigenvalue weighted by Crippen LogP contribution is -2.44. The van der Waals surface area contributed by atoms with Crippen LogP contribution in [0.1, 0.15) is 60.3 Å². The Balaban J connectivity index is 2.10. The molecule has 0 saturated carbocycles. The maximum Gasteiger partial charge on any atom is 0.305 e. The Morgan fingerprint density at radius 3 is 2.43 bits per heavy atom. The first kappa shape index (κ1) is 30.2. The van der Waals surface area contributed by atoms with Gasteiger partial charge in [-0.2, -0.15) is 0 Å². The van der Waals surface area contributed by atoms with E-state index in [0.717, 1.165) is 11.3 Å². The fourth-order valence-corrected chi connectivity index (χ4v) is 4.80. The number of aliphatic hydroxyl groups excluding tert-OH is 1. The number of hydrogen-bond acceptors (Lipinski definition) is 9. The van der Waals surface area contributed by atoms with Gasteiger partial charge >= 0.3 is 5.97 Å². The molecule has 0 bridgehead atoms. The van der Waals surface area contributed by atoms with Crippen LogP contribution in [0.3, 0.4) is 0 Å². The number of aliphatic hydroxyl groups is 1. The molecular weight excluding hydrogens is 496 g/mol. The fourth-order valence-electron chi connectivity index (χ4n) is 4.01. The highest BCUT2D eigenvalue weighted by Crippen LogP contribution is 2.27. The lowest BCUT2D eigenvalue weighted by Gasteiger charge is -2.32. The molecule has 2 amide bonds. The Morgan fingerprint density at radius 1 is 1.19 bits per heavy atom. The second kappa shape index (κ2) is 14.7. The third-order valence-electron chi connectivity index (χ3n) is 6.24. The molecule has 0 aliphatic carbocycles. The van der Waals surface area contributed by atoms with Crippen LogP contribution in [0.15, 0.2) is 29.6 Å². The van der Waals surface area contributed by atoms with Gasteiger partial charge in [-0.05, 0) is 36.5 Å². The zero-order valence-electron chi connectivity index (χ0n) is 22.1. The normalized spacial score (nSPS) is 13.5. The van der Waals surface area contributed by atoms with Crippen LogP contribution >= 0.6 is 11.3 Å². The second-order valence-corrected chi connectivity index (χ2v) is 10.1. The predicted octanol–water partition coefficient (Wildman–Crippen LogP) is 2.31. The molecule has 1 aromatic heterocycles. The van der Waals surface area contributed by atoms with Gasteiger partial charge in [-0.3, -0.25) is 14.4 Å². The number of thiazole rings is 1. The van der Waals surface area contributed by atoms with Gasteiger partial charge in [-0.15, -0.1) is 11.3 Å². The van der Waals surface area contributed by atoms with Crippen molar-refractivity contribution < 1.29 is 29.0 Å². The third-order valence-corrected chi connectivity index (χ3v) is 7.19. The number of aromatic nitrogens is 1. The minimum atomic E-state index is -0.943.